The van der Waals surface area contributed by atoms with Crippen LogP contribution in [0.15, 0.2) is 40.2 Å². The van der Waals surface area contributed by atoms with Gasteiger partial charge >= 0.3 is 0 Å². The molecule has 0 radical (unpaired) electrons. The van der Waals surface area contributed by atoms with Crippen molar-refractivity contribution in [2.45, 2.75) is 12.8 Å². The molecule has 0 bridgehead atoms. The Kier molecular flexibility index (Phi) is 5.51. The first kappa shape index (κ1) is 19.8. The minimum absolute atomic E-state index is 0.262. The second kappa shape index (κ2) is 8.08. The topological polar surface area (TPSA) is 88.6 Å². The Bertz CT molecular complexity index is 993. The number of thiazole rings is 1. The first-order valence-electron chi connectivity index (χ1n) is 9.07. The van der Waals surface area contributed by atoms with Crippen molar-refractivity contribution in [2.75, 3.05) is 19.0 Å². The van der Waals surface area contributed by atoms with Crippen LogP contribution >= 0.6 is 27.3 Å². The maximum Gasteiger partial charge on any atom is 0.246 e. The van der Waals surface area contributed by atoms with Crippen LogP contribution in [0.25, 0.3) is 11.3 Å². The van der Waals surface area contributed by atoms with Crippen LogP contribution in [0.1, 0.15) is 12.8 Å². The summed E-state index contributed by atoms with van der Waals surface area (Å²) in [5.74, 6) is -0.909. The van der Waals surface area contributed by atoms with Gasteiger partial charge in [0.15, 0.2) is 5.13 Å². The van der Waals surface area contributed by atoms with Crippen LogP contribution in [0.4, 0.5) is 5.13 Å². The highest BCUT2D eigenvalue weighted by Crippen LogP contribution is 2.35. The summed E-state index contributed by atoms with van der Waals surface area (Å²) in [6.45, 7) is -0.284. The molecule has 2 heterocycles. The van der Waals surface area contributed by atoms with E-state index in [0.29, 0.717) is 29.4 Å². The van der Waals surface area contributed by atoms with E-state index in [1.54, 1.807) is 7.11 Å². The van der Waals surface area contributed by atoms with Crippen LogP contribution in [0.3, 0.4) is 0 Å². The van der Waals surface area contributed by atoms with Gasteiger partial charge in [0.25, 0.3) is 0 Å². The molecule has 0 spiro atoms. The quantitative estimate of drug-likeness (QED) is 0.528. The predicted octanol–water partition coefficient (Wildman–Crippen LogP) is 3.47. The normalized spacial score (nSPS) is 20.7. The van der Waals surface area contributed by atoms with Crippen molar-refractivity contribution in [1.29, 1.82) is 0 Å². The summed E-state index contributed by atoms with van der Waals surface area (Å²) in [5, 5.41) is 4.93. The Morgan fingerprint density at radius 1 is 1.28 bits per heavy atom. The summed E-state index contributed by atoms with van der Waals surface area (Å²) in [6, 6.07) is 5.59. The summed E-state index contributed by atoms with van der Waals surface area (Å²) < 4.78 is 6.03. The number of fused-ring (bicyclic) bond motifs is 1. The second-order valence-electron chi connectivity index (χ2n) is 6.85. The predicted molar refractivity (Wildman–Crippen MR) is 113 cm³/mol. The number of ether oxygens (including phenoxy) is 1. The Balaban J connectivity index is 1.41. The SMILES string of the molecule is COc1ccc(-c2csc(NC(=O)CN3C(=O)[C@H]4CC=CC[C@@H]4C3=O)n2)cc1Br. The van der Waals surface area contributed by atoms with E-state index in [-0.39, 0.29) is 30.2 Å². The lowest BCUT2D eigenvalue weighted by atomic mass is 9.85. The van der Waals surface area contributed by atoms with E-state index in [1.165, 1.54) is 11.3 Å². The van der Waals surface area contributed by atoms with Gasteiger partial charge in [-0.3, -0.25) is 19.3 Å². The van der Waals surface area contributed by atoms with Gasteiger partial charge in [-0.25, -0.2) is 4.98 Å². The third kappa shape index (κ3) is 3.84. The smallest absolute Gasteiger partial charge is 0.246 e. The molecule has 1 saturated heterocycles. The molecule has 0 unspecified atom stereocenters. The average Bonchev–Trinajstić information content (AvgIpc) is 3.27. The molecule has 0 saturated carbocycles. The Labute approximate surface area is 179 Å². The number of amides is 3. The first-order valence-corrected chi connectivity index (χ1v) is 10.7. The molecule has 2 aliphatic rings. The van der Waals surface area contributed by atoms with Crippen LogP contribution in [-0.4, -0.2) is 41.3 Å². The van der Waals surface area contributed by atoms with E-state index in [4.69, 9.17) is 4.74 Å². The van der Waals surface area contributed by atoms with Gasteiger partial charge in [-0.2, -0.15) is 0 Å². The molecular weight excluding hydrogens is 458 g/mol. The minimum Gasteiger partial charge on any atom is -0.496 e. The molecule has 3 amide bonds. The number of nitrogens with one attached hydrogen (secondary N) is 1. The molecule has 1 aliphatic heterocycles. The highest BCUT2D eigenvalue weighted by molar-refractivity contribution is 9.10. The highest BCUT2D eigenvalue weighted by atomic mass is 79.9. The van der Waals surface area contributed by atoms with Crippen molar-refractivity contribution in [3.8, 4) is 17.0 Å². The molecule has 1 aliphatic carbocycles. The molecule has 2 atom stereocenters. The number of rotatable bonds is 5. The number of methoxy groups -OCH3 is 1. The lowest BCUT2D eigenvalue weighted by Gasteiger charge is -2.14. The number of hydrogen-bond acceptors (Lipinski definition) is 6. The molecular formula is C20H18BrN3O4S. The molecule has 7 nitrogen and oxygen atoms in total. The number of carbonyl (C=O) groups excluding carboxylic acids is 3. The van der Waals surface area contributed by atoms with Gasteiger partial charge in [0, 0.05) is 10.9 Å². The standard InChI is InChI=1S/C20H18BrN3O4S/c1-28-16-7-6-11(8-14(16)21)15-10-29-20(22-15)23-17(25)9-24-18(26)12-4-2-3-5-13(12)19(24)27/h2-3,6-8,10,12-13H,4-5,9H2,1H3,(H,22,23,25)/t12-,13-/m0/s1. The maximum absolute atomic E-state index is 12.5. The number of halogens is 1. The van der Waals surface area contributed by atoms with Crippen molar-refractivity contribution < 1.29 is 19.1 Å². The van der Waals surface area contributed by atoms with E-state index < -0.39 is 5.91 Å². The van der Waals surface area contributed by atoms with Gasteiger partial charge < -0.3 is 10.1 Å². The second-order valence-corrected chi connectivity index (χ2v) is 8.57. The number of benzene rings is 1. The van der Waals surface area contributed by atoms with Crippen LogP contribution in [0.2, 0.25) is 0 Å². The summed E-state index contributed by atoms with van der Waals surface area (Å²) in [4.78, 5) is 42.9. The Hall–Kier alpha value is -2.52. The van der Waals surface area contributed by atoms with E-state index >= 15 is 0 Å². The zero-order chi connectivity index (χ0) is 20.5. The number of anilines is 1. The van der Waals surface area contributed by atoms with Crippen LogP contribution < -0.4 is 10.1 Å². The molecule has 1 aromatic heterocycles. The maximum atomic E-state index is 12.5. The van der Waals surface area contributed by atoms with Crippen molar-refractivity contribution in [3.05, 3.63) is 40.2 Å². The third-order valence-electron chi connectivity index (χ3n) is 5.10. The highest BCUT2D eigenvalue weighted by Gasteiger charge is 2.47. The Morgan fingerprint density at radius 2 is 1.97 bits per heavy atom. The Morgan fingerprint density at radius 3 is 2.59 bits per heavy atom. The monoisotopic (exact) mass is 475 g/mol. The number of imide groups is 1. The van der Waals surface area contributed by atoms with Crippen LogP contribution in [0.5, 0.6) is 5.75 Å². The molecule has 150 valence electrons. The van der Waals surface area contributed by atoms with Crippen LogP contribution in [0, 0.1) is 11.8 Å². The van der Waals surface area contributed by atoms with E-state index in [9.17, 15) is 14.4 Å². The molecule has 2 aromatic rings. The lowest BCUT2D eigenvalue weighted by molar-refractivity contribution is -0.142. The number of carbonyl (C=O) groups is 3. The fraction of sp³-hybridized carbons (Fsp3) is 0.300. The van der Waals surface area contributed by atoms with Gasteiger partial charge in [-0.15, -0.1) is 11.3 Å². The van der Waals surface area contributed by atoms with Crippen molar-refractivity contribution >= 4 is 50.1 Å². The van der Waals surface area contributed by atoms with E-state index in [0.717, 1.165) is 14.9 Å². The van der Waals surface area contributed by atoms with Gasteiger partial charge in [0.1, 0.15) is 12.3 Å². The van der Waals surface area contributed by atoms with Crippen LogP contribution in [-0.2, 0) is 14.4 Å². The summed E-state index contributed by atoms with van der Waals surface area (Å²) in [5.41, 5.74) is 1.58. The number of likely N-dealkylation sites (tertiary alicyclic amines) is 1. The van der Waals surface area contributed by atoms with Gasteiger partial charge in [-0.1, -0.05) is 12.2 Å². The summed E-state index contributed by atoms with van der Waals surface area (Å²) in [7, 11) is 1.59. The number of aromatic nitrogens is 1. The molecule has 4 rings (SSSR count). The molecule has 1 N–H and O–H groups in total. The first-order chi connectivity index (χ1) is 14.0. The van der Waals surface area contributed by atoms with Gasteiger partial charge in [-0.05, 0) is 47.0 Å². The number of allylic oxidation sites excluding steroid dienone is 2. The largest absolute Gasteiger partial charge is 0.496 e. The summed E-state index contributed by atoms with van der Waals surface area (Å²) in [6.07, 6.45) is 4.95. The lowest BCUT2D eigenvalue weighted by Crippen LogP contribution is -2.38. The molecule has 9 heteroatoms. The number of nitrogens with zero attached hydrogens (tertiary/aromatic N) is 2. The number of hydrogen-bond donors (Lipinski definition) is 1. The molecule has 29 heavy (non-hydrogen) atoms. The minimum atomic E-state index is -0.435. The average molecular weight is 476 g/mol. The van der Waals surface area contributed by atoms with E-state index in [1.807, 2.05) is 35.7 Å². The summed E-state index contributed by atoms with van der Waals surface area (Å²) >= 11 is 4.72. The van der Waals surface area contributed by atoms with Gasteiger partial charge in [0.2, 0.25) is 17.7 Å². The molecule has 1 fully saturated rings. The van der Waals surface area contributed by atoms with E-state index in [2.05, 4.69) is 26.2 Å². The van der Waals surface area contributed by atoms with Crippen molar-refractivity contribution in [2.24, 2.45) is 11.8 Å². The zero-order valence-corrected chi connectivity index (χ0v) is 18.0. The van der Waals surface area contributed by atoms with Crippen molar-refractivity contribution in [3.63, 3.8) is 0 Å². The fourth-order valence-electron chi connectivity index (χ4n) is 3.62. The fourth-order valence-corrected chi connectivity index (χ4v) is 4.89. The van der Waals surface area contributed by atoms with Crippen molar-refractivity contribution in [1.82, 2.24) is 9.88 Å². The zero-order valence-electron chi connectivity index (χ0n) is 15.6. The third-order valence-corrected chi connectivity index (χ3v) is 6.48. The van der Waals surface area contributed by atoms with Gasteiger partial charge in [0.05, 0.1) is 29.1 Å². The molecule has 1 aromatic carbocycles.